The van der Waals surface area contributed by atoms with Gasteiger partial charge in [-0.1, -0.05) is 6.07 Å². The zero-order chi connectivity index (χ0) is 13.2. The summed E-state index contributed by atoms with van der Waals surface area (Å²) in [6.07, 6.45) is 0.677. The number of hydrogen-bond donors (Lipinski definition) is 1. The van der Waals surface area contributed by atoms with Crippen LogP contribution in [-0.4, -0.2) is 27.7 Å². The first-order valence-corrected chi connectivity index (χ1v) is 7.12. The maximum Gasteiger partial charge on any atom is 0.241 e. The van der Waals surface area contributed by atoms with Crippen LogP contribution in [0.3, 0.4) is 0 Å². The Morgan fingerprint density at radius 2 is 2.28 bits per heavy atom. The fraction of sp³-hybridized carbons (Fsp3) is 0.417. The van der Waals surface area contributed by atoms with Crippen LogP contribution in [-0.2, 0) is 14.8 Å². The molecule has 2 rings (SSSR count). The van der Waals surface area contributed by atoms with E-state index in [1.54, 1.807) is 19.1 Å². The van der Waals surface area contributed by atoms with E-state index >= 15 is 0 Å². The predicted molar refractivity (Wildman–Crippen MR) is 65.4 cm³/mol. The van der Waals surface area contributed by atoms with Crippen molar-refractivity contribution in [3.05, 3.63) is 29.3 Å². The second-order valence-corrected chi connectivity index (χ2v) is 5.96. The predicted octanol–water partition coefficient (Wildman–Crippen LogP) is 0.934. The highest BCUT2D eigenvalue weighted by Gasteiger charge is 2.24. The highest BCUT2D eigenvalue weighted by atomic mass is 32.2. The number of nitrogens with zero attached hydrogens (tertiary/aromatic N) is 1. The molecule has 1 atom stereocenters. The van der Waals surface area contributed by atoms with Crippen LogP contribution < -0.4 is 4.72 Å². The molecule has 0 radical (unpaired) electrons. The first-order valence-electron chi connectivity index (χ1n) is 5.64. The maximum atomic E-state index is 12.2. The lowest BCUT2D eigenvalue weighted by Gasteiger charge is -2.13. The van der Waals surface area contributed by atoms with Crippen LogP contribution in [0, 0.1) is 18.3 Å². The Morgan fingerprint density at radius 3 is 2.89 bits per heavy atom. The molecule has 96 valence electrons. The maximum absolute atomic E-state index is 12.2. The van der Waals surface area contributed by atoms with Gasteiger partial charge in [-0.25, -0.2) is 13.1 Å². The van der Waals surface area contributed by atoms with E-state index in [1.807, 2.05) is 6.07 Å². The summed E-state index contributed by atoms with van der Waals surface area (Å²) >= 11 is 0. The molecule has 1 aliphatic heterocycles. The standard InChI is InChI=1S/C12H14N2O3S/c1-9-2-3-10(7-13)6-12(9)18(15,16)14-11-4-5-17-8-11/h2-3,6,11,14H,4-5,8H2,1H3. The average molecular weight is 266 g/mol. The molecule has 5 nitrogen and oxygen atoms in total. The minimum Gasteiger partial charge on any atom is -0.380 e. The molecule has 1 aromatic rings. The third kappa shape index (κ3) is 2.70. The number of nitriles is 1. The fourth-order valence-electron chi connectivity index (χ4n) is 1.87. The Bertz CT molecular complexity index is 584. The normalized spacial score (nSPS) is 19.7. The third-order valence-corrected chi connectivity index (χ3v) is 4.52. The van der Waals surface area contributed by atoms with Gasteiger partial charge in [0, 0.05) is 12.6 Å². The van der Waals surface area contributed by atoms with E-state index in [9.17, 15) is 8.42 Å². The van der Waals surface area contributed by atoms with E-state index in [1.165, 1.54) is 6.07 Å². The molecule has 1 aromatic carbocycles. The van der Waals surface area contributed by atoms with E-state index in [0.717, 1.165) is 0 Å². The topological polar surface area (TPSA) is 79.2 Å². The monoisotopic (exact) mass is 266 g/mol. The van der Waals surface area contributed by atoms with Crippen LogP contribution in [0.15, 0.2) is 23.1 Å². The molecule has 0 bridgehead atoms. The van der Waals surface area contributed by atoms with Crippen LogP contribution in [0.25, 0.3) is 0 Å². The van der Waals surface area contributed by atoms with Crippen molar-refractivity contribution in [3.63, 3.8) is 0 Å². The molecule has 1 aliphatic rings. The summed E-state index contributed by atoms with van der Waals surface area (Å²) in [7, 11) is -3.59. The number of benzene rings is 1. The van der Waals surface area contributed by atoms with Gasteiger partial charge < -0.3 is 4.74 Å². The van der Waals surface area contributed by atoms with Crippen LogP contribution in [0.4, 0.5) is 0 Å². The zero-order valence-electron chi connectivity index (χ0n) is 10.0. The minimum atomic E-state index is -3.59. The molecule has 0 saturated carbocycles. The molecular formula is C12H14N2O3S. The summed E-state index contributed by atoms with van der Waals surface area (Å²) in [5.74, 6) is 0. The molecule has 0 amide bonds. The Morgan fingerprint density at radius 1 is 1.50 bits per heavy atom. The van der Waals surface area contributed by atoms with Crippen LogP contribution >= 0.6 is 0 Å². The van der Waals surface area contributed by atoms with E-state index < -0.39 is 10.0 Å². The Balaban J connectivity index is 2.31. The van der Waals surface area contributed by atoms with E-state index in [-0.39, 0.29) is 10.9 Å². The van der Waals surface area contributed by atoms with Crippen molar-refractivity contribution in [1.82, 2.24) is 4.72 Å². The van der Waals surface area contributed by atoms with Gasteiger partial charge in [0.2, 0.25) is 10.0 Å². The lowest BCUT2D eigenvalue weighted by Crippen LogP contribution is -2.35. The molecule has 1 heterocycles. The molecule has 0 aliphatic carbocycles. The number of sulfonamides is 1. The van der Waals surface area contributed by atoms with Crippen molar-refractivity contribution in [2.75, 3.05) is 13.2 Å². The number of rotatable bonds is 3. The van der Waals surface area contributed by atoms with Crippen molar-refractivity contribution >= 4 is 10.0 Å². The number of ether oxygens (including phenoxy) is 1. The van der Waals surface area contributed by atoms with Gasteiger partial charge in [-0.2, -0.15) is 5.26 Å². The molecular weight excluding hydrogens is 252 g/mol. The molecule has 0 spiro atoms. The second-order valence-electron chi connectivity index (χ2n) is 4.27. The first kappa shape index (κ1) is 13.0. The molecule has 1 fully saturated rings. The molecule has 1 N–H and O–H groups in total. The van der Waals surface area contributed by atoms with E-state index in [2.05, 4.69) is 4.72 Å². The molecule has 1 unspecified atom stereocenters. The summed E-state index contributed by atoms with van der Waals surface area (Å²) in [6, 6.07) is 6.40. The summed E-state index contributed by atoms with van der Waals surface area (Å²) in [4.78, 5) is 0.161. The average Bonchev–Trinajstić information content (AvgIpc) is 2.81. The molecule has 1 saturated heterocycles. The zero-order valence-corrected chi connectivity index (χ0v) is 10.8. The largest absolute Gasteiger partial charge is 0.380 e. The quantitative estimate of drug-likeness (QED) is 0.882. The summed E-state index contributed by atoms with van der Waals surface area (Å²) in [5.41, 5.74) is 0.962. The van der Waals surface area contributed by atoms with E-state index in [0.29, 0.717) is 30.8 Å². The first-order chi connectivity index (χ1) is 8.53. The van der Waals surface area contributed by atoms with Gasteiger partial charge in [0.25, 0.3) is 0 Å². The van der Waals surface area contributed by atoms with Gasteiger partial charge in [0.05, 0.1) is 23.1 Å². The molecule has 0 aromatic heterocycles. The number of nitrogens with one attached hydrogen (secondary N) is 1. The van der Waals surface area contributed by atoms with Gasteiger partial charge in [-0.3, -0.25) is 0 Å². The Labute approximate surface area is 106 Å². The molecule has 6 heteroatoms. The van der Waals surface area contributed by atoms with Crippen LogP contribution in [0.2, 0.25) is 0 Å². The van der Waals surface area contributed by atoms with Gasteiger partial charge in [0.15, 0.2) is 0 Å². The smallest absolute Gasteiger partial charge is 0.241 e. The van der Waals surface area contributed by atoms with Crippen LogP contribution in [0.1, 0.15) is 17.5 Å². The van der Waals surface area contributed by atoms with Crippen molar-refractivity contribution in [2.24, 2.45) is 0 Å². The van der Waals surface area contributed by atoms with Gasteiger partial charge in [0.1, 0.15) is 0 Å². The minimum absolute atomic E-state index is 0.161. The lowest BCUT2D eigenvalue weighted by atomic mass is 10.2. The van der Waals surface area contributed by atoms with Crippen molar-refractivity contribution in [3.8, 4) is 6.07 Å². The van der Waals surface area contributed by atoms with Crippen molar-refractivity contribution < 1.29 is 13.2 Å². The summed E-state index contributed by atoms with van der Waals surface area (Å²) in [5, 5.41) is 8.82. The Kier molecular flexibility index (Phi) is 3.66. The number of hydrogen-bond acceptors (Lipinski definition) is 4. The van der Waals surface area contributed by atoms with Crippen molar-refractivity contribution in [2.45, 2.75) is 24.3 Å². The summed E-state index contributed by atoms with van der Waals surface area (Å²) in [6.45, 7) is 2.68. The fourth-order valence-corrected chi connectivity index (χ4v) is 3.40. The van der Waals surface area contributed by atoms with Crippen LogP contribution in [0.5, 0.6) is 0 Å². The number of aryl methyl sites for hydroxylation is 1. The Hall–Kier alpha value is -1.42. The summed E-state index contributed by atoms with van der Waals surface area (Å²) < 4.78 is 32.1. The van der Waals surface area contributed by atoms with Gasteiger partial charge >= 0.3 is 0 Å². The SMILES string of the molecule is Cc1ccc(C#N)cc1S(=O)(=O)NC1CCOC1. The lowest BCUT2D eigenvalue weighted by molar-refractivity contribution is 0.192. The highest BCUT2D eigenvalue weighted by molar-refractivity contribution is 7.89. The highest BCUT2D eigenvalue weighted by Crippen LogP contribution is 2.18. The third-order valence-electron chi connectivity index (χ3n) is 2.86. The second kappa shape index (κ2) is 5.06. The van der Waals surface area contributed by atoms with E-state index in [4.69, 9.17) is 10.00 Å². The van der Waals surface area contributed by atoms with Gasteiger partial charge in [-0.15, -0.1) is 0 Å². The molecule has 18 heavy (non-hydrogen) atoms. The van der Waals surface area contributed by atoms with Crippen molar-refractivity contribution in [1.29, 1.82) is 5.26 Å². The van der Waals surface area contributed by atoms with Gasteiger partial charge in [-0.05, 0) is 31.0 Å².